The third-order valence-corrected chi connectivity index (χ3v) is 3.01. The van der Waals surface area contributed by atoms with Crippen molar-refractivity contribution in [3.8, 4) is 0 Å². The molecule has 2 nitrogen and oxygen atoms in total. The molecule has 0 amide bonds. The largest absolute Gasteiger partial charge is 0.303 e. The normalized spacial score (nSPS) is 16.0. The zero-order chi connectivity index (χ0) is 10.5. The summed E-state index contributed by atoms with van der Waals surface area (Å²) in [5, 5.41) is 0. The molecule has 1 heterocycles. The number of aldehydes is 1. The number of benzene rings is 1. The van der Waals surface area contributed by atoms with Gasteiger partial charge in [-0.15, -0.1) is 0 Å². The first-order valence-electron chi connectivity index (χ1n) is 5.63. The second-order valence-electron chi connectivity index (χ2n) is 4.10. The molecule has 0 aliphatic carbocycles. The maximum absolute atomic E-state index is 10.2. The van der Waals surface area contributed by atoms with E-state index >= 15 is 0 Å². The molecule has 0 N–H and O–H groups in total. The number of nitrogens with zero attached hydrogens (tertiary/aromatic N) is 1. The molecule has 0 radical (unpaired) electrons. The molecule has 1 aliphatic rings. The van der Waals surface area contributed by atoms with Crippen molar-refractivity contribution in [2.24, 2.45) is 0 Å². The van der Waals surface area contributed by atoms with E-state index in [4.69, 9.17) is 0 Å². The average Bonchev–Trinajstić information content (AvgIpc) is 2.29. The van der Waals surface area contributed by atoms with Gasteiger partial charge in [0.1, 0.15) is 6.29 Å². The van der Waals surface area contributed by atoms with Gasteiger partial charge in [0.25, 0.3) is 0 Å². The third-order valence-electron chi connectivity index (χ3n) is 3.01. The molecule has 0 bridgehead atoms. The number of unbranched alkanes of at least 4 members (excludes halogenated alkanes) is 1. The van der Waals surface area contributed by atoms with Crippen LogP contribution in [0, 0.1) is 0 Å². The molecule has 0 unspecified atom stereocenters. The highest BCUT2D eigenvalue weighted by Crippen LogP contribution is 2.18. The Bertz CT molecular complexity index is 335. The summed E-state index contributed by atoms with van der Waals surface area (Å²) in [4.78, 5) is 12.7. The van der Waals surface area contributed by atoms with Crippen molar-refractivity contribution in [1.29, 1.82) is 0 Å². The minimum Gasteiger partial charge on any atom is -0.303 e. The van der Waals surface area contributed by atoms with Gasteiger partial charge in [-0.25, -0.2) is 0 Å². The predicted octanol–water partition coefficient (Wildman–Crippen LogP) is 2.02. The molecule has 15 heavy (non-hydrogen) atoms. The van der Waals surface area contributed by atoms with Crippen LogP contribution < -0.4 is 0 Å². The molecule has 0 fully saturated rings. The monoisotopic (exact) mass is 203 g/mol. The molecule has 0 aromatic heterocycles. The molecule has 0 spiro atoms. The lowest BCUT2D eigenvalue weighted by atomic mass is 10.00. The summed E-state index contributed by atoms with van der Waals surface area (Å²) in [7, 11) is 0. The van der Waals surface area contributed by atoms with Crippen LogP contribution in [0.4, 0.5) is 0 Å². The smallest absolute Gasteiger partial charge is 0.120 e. The Kier molecular flexibility index (Phi) is 3.51. The lowest BCUT2D eigenvalue weighted by Gasteiger charge is -2.28. The van der Waals surface area contributed by atoms with E-state index in [-0.39, 0.29) is 0 Å². The van der Waals surface area contributed by atoms with Crippen molar-refractivity contribution in [3.05, 3.63) is 35.4 Å². The molecule has 80 valence electrons. The number of fused-ring (bicyclic) bond motifs is 1. The lowest BCUT2D eigenvalue weighted by Crippen LogP contribution is -2.31. The molecule has 2 heteroatoms. The highest BCUT2D eigenvalue weighted by molar-refractivity contribution is 5.49. The van der Waals surface area contributed by atoms with Gasteiger partial charge in [-0.3, -0.25) is 4.90 Å². The zero-order valence-electron chi connectivity index (χ0n) is 8.98. The first-order valence-corrected chi connectivity index (χ1v) is 5.63. The number of hydrogen-bond acceptors (Lipinski definition) is 2. The van der Waals surface area contributed by atoms with Crippen molar-refractivity contribution in [1.82, 2.24) is 4.90 Å². The van der Waals surface area contributed by atoms with Gasteiger partial charge in [0, 0.05) is 19.5 Å². The molecular weight excluding hydrogens is 186 g/mol. The van der Waals surface area contributed by atoms with Crippen LogP contribution in [0.25, 0.3) is 0 Å². The third kappa shape index (κ3) is 2.66. The maximum Gasteiger partial charge on any atom is 0.120 e. The Balaban J connectivity index is 1.91. The summed E-state index contributed by atoms with van der Waals surface area (Å²) in [5.74, 6) is 0. The van der Waals surface area contributed by atoms with Crippen molar-refractivity contribution >= 4 is 6.29 Å². The summed E-state index contributed by atoms with van der Waals surface area (Å²) >= 11 is 0. The van der Waals surface area contributed by atoms with E-state index in [2.05, 4.69) is 29.2 Å². The van der Waals surface area contributed by atoms with Gasteiger partial charge in [0.05, 0.1) is 0 Å². The van der Waals surface area contributed by atoms with Crippen LogP contribution in [0.1, 0.15) is 24.0 Å². The fourth-order valence-electron chi connectivity index (χ4n) is 2.14. The van der Waals surface area contributed by atoms with E-state index in [0.29, 0.717) is 6.42 Å². The van der Waals surface area contributed by atoms with E-state index < -0.39 is 0 Å². The standard InChI is InChI=1S/C13H17NO/c15-10-4-3-8-14-9-7-12-5-1-2-6-13(12)11-14/h1-2,5-6,10H,3-4,7-9,11H2. The summed E-state index contributed by atoms with van der Waals surface area (Å²) in [6.07, 6.45) is 3.85. The lowest BCUT2D eigenvalue weighted by molar-refractivity contribution is -0.108. The molecule has 0 atom stereocenters. The van der Waals surface area contributed by atoms with Crippen LogP contribution in [0.15, 0.2) is 24.3 Å². The molecule has 0 saturated heterocycles. The summed E-state index contributed by atoms with van der Waals surface area (Å²) in [6.45, 7) is 3.23. The minimum atomic E-state index is 0.693. The van der Waals surface area contributed by atoms with Gasteiger partial charge in [0.15, 0.2) is 0 Å². The predicted molar refractivity (Wildman–Crippen MR) is 60.7 cm³/mol. The van der Waals surface area contributed by atoms with Gasteiger partial charge in [-0.1, -0.05) is 24.3 Å². The van der Waals surface area contributed by atoms with Crippen LogP contribution in [0.3, 0.4) is 0 Å². The fraction of sp³-hybridized carbons (Fsp3) is 0.462. The highest BCUT2D eigenvalue weighted by atomic mass is 16.1. The Morgan fingerprint density at radius 3 is 2.87 bits per heavy atom. The highest BCUT2D eigenvalue weighted by Gasteiger charge is 2.14. The molecule has 0 saturated carbocycles. The van der Waals surface area contributed by atoms with Crippen molar-refractivity contribution in [3.63, 3.8) is 0 Å². The average molecular weight is 203 g/mol. The summed E-state index contributed by atoms with van der Waals surface area (Å²) < 4.78 is 0. The van der Waals surface area contributed by atoms with Gasteiger partial charge in [0.2, 0.25) is 0 Å². The van der Waals surface area contributed by atoms with E-state index in [0.717, 1.165) is 38.8 Å². The van der Waals surface area contributed by atoms with E-state index in [1.165, 1.54) is 11.1 Å². The molecule has 2 rings (SSSR count). The maximum atomic E-state index is 10.2. The summed E-state index contributed by atoms with van der Waals surface area (Å²) in [5.41, 5.74) is 2.94. The van der Waals surface area contributed by atoms with Gasteiger partial charge < -0.3 is 4.79 Å². The van der Waals surface area contributed by atoms with Crippen LogP contribution in [-0.4, -0.2) is 24.3 Å². The quantitative estimate of drug-likeness (QED) is 0.551. The van der Waals surface area contributed by atoms with Crippen LogP contribution in [-0.2, 0) is 17.8 Å². The van der Waals surface area contributed by atoms with Crippen LogP contribution in [0.5, 0.6) is 0 Å². The molecule has 1 aromatic rings. The summed E-state index contributed by atoms with van der Waals surface area (Å²) in [6, 6.07) is 8.65. The first-order chi connectivity index (χ1) is 7.40. The Morgan fingerprint density at radius 2 is 2.07 bits per heavy atom. The number of hydrogen-bond donors (Lipinski definition) is 0. The topological polar surface area (TPSA) is 20.3 Å². The SMILES string of the molecule is O=CCCCN1CCc2ccccc2C1. The van der Waals surface area contributed by atoms with Crippen molar-refractivity contribution in [2.45, 2.75) is 25.8 Å². The molecule has 1 aliphatic heterocycles. The fourth-order valence-corrected chi connectivity index (χ4v) is 2.14. The second-order valence-corrected chi connectivity index (χ2v) is 4.10. The molecular formula is C13H17NO. The van der Waals surface area contributed by atoms with Gasteiger partial charge in [-0.05, 0) is 30.5 Å². The number of rotatable bonds is 4. The number of carbonyl (C=O) groups excluding carboxylic acids is 1. The van der Waals surface area contributed by atoms with Crippen LogP contribution >= 0.6 is 0 Å². The van der Waals surface area contributed by atoms with Crippen LogP contribution in [0.2, 0.25) is 0 Å². The van der Waals surface area contributed by atoms with E-state index in [1.54, 1.807) is 0 Å². The van der Waals surface area contributed by atoms with Crippen molar-refractivity contribution < 1.29 is 4.79 Å². The van der Waals surface area contributed by atoms with Gasteiger partial charge in [-0.2, -0.15) is 0 Å². The van der Waals surface area contributed by atoms with Crippen molar-refractivity contribution in [2.75, 3.05) is 13.1 Å². The first kappa shape index (κ1) is 10.4. The van der Waals surface area contributed by atoms with E-state index in [9.17, 15) is 4.79 Å². The van der Waals surface area contributed by atoms with E-state index in [1.807, 2.05) is 0 Å². The Morgan fingerprint density at radius 1 is 1.27 bits per heavy atom. The minimum absolute atomic E-state index is 0.693. The Hall–Kier alpha value is -1.15. The number of carbonyl (C=O) groups is 1. The second kappa shape index (κ2) is 5.08. The Labute approximate surface area is 90.9 Å². The van der Waals surface area contributed by atoms with Gasteiger partial charge >= 0.3 is 0 Å². The zero-order valence-corrected chi connectivity index (χ0v) is 8.98. The molecule has 1 aromatic carbocycles.